The molecule has 1 fully saturated rings. The summed E-state index contributed by atoms with van der Waals surface area (Å²) < 4.78 is 5.28. The van der Waals surface area contributed by atoms with E-state index in [0.717, 1.165) is 16.5 Å². The van der Waals surface area contributed by atoms with Gasteiger partial charge in [-0.05, 0) is 30.8 Å². The molecule has 2 heterocycles. The number of rotatable bonds is 4. The van der Waals surface area contributed by atoms with Gasteiger partial charge in [0.15, 0.2) is 0 Å². The summed E-state index contributed by atoms with van der Waals surface area (Å²) in [7, 11) is 1.94. The lowest BCUT2D eigenvalue weighted by molar-refractivity contribution is -0.136. The maximum atomic E-state index is 12.3. The van der Waals surface area contributed by atoms with Crippen molar-refractivity contribution in [1.82, 2.24) is 14.8 Å². The van der Waals surface area contributed by atoms with Crippen LogP contribution in [0.5, 0.6) is 0 Å². The number of carbonyl (C=O) groups is 1. The Bertz CT molecular complexity index is 701. The van der Waals surface area contributed by atoms with E-state index >= 15 is 0 Å². The van der Waals surface area contributed by atoms with Gasteiger partial charge in [-0.1, -0.05) is 17.7 Å². The average Bonchev–Trinajstić information content (AvgIpc) is 2.55. The van der Waals surface area contributed by atoms with Gasteiger partial charge in [0.25, 0.3) is 0 Å². The maximum absolute atomic E-state index is 12.3. The minimum atomic E-state index is 0.134. The summed E-state index contributed by atoms with van der Waals surface area (Å²) in [6, 6.07) is 7.73. The highest BCUT2D eigenvalue weighted by Crippen LogP contribution is 2.23. The third-order valence-electron chi connectivity index (χ3n) is 3.96. The lowest BCUT2D eigenvalue weighted by Gasteiger charge is -2.28. The van der Waals surface area contributed by atoms with Gasteiger partial charge >= 0.3 is 0 Å². The van der Waals surface area contributed by atoms with Crippen LogP contribution >= 0.6 is 11.6 Å². The Kier molecular flexibility index (Phi) is 5.10. The largest absolute Gasteiger partial charge is 0.378 e. The Morgan fingerprint density at radius 3 is 2.96 bits per heavy atom. The number of aromatic nitrogens is 1. The van der Waals surface area contributed by atoms with Crippen LogP contribution < -0.4 is 0 Å². The summed E-state index contributed by atoms with van der Waals surface area (Å²) >= 11 is 6.20. The van der Waals surface area contributed by atoms with Crippen LogP contribution in [0.15, 0.2) is 30.5 Å². The van der Waals surface area contributed by atoms with Crippen molar-refractivity contribution in [3.05, 3.63) is 41.0 Å². The van der Waals surface area contributed by atoms with Crippen LogP contribution in [-0.2, 0) is 16.1 Å². The molecule has 122 valence electrons. The van der Waals surface area contributed by atoms with Crippen LogP contribution in [0, 0.1) is 0 Å². The van der Waals surface area contributed by atoms with Crippen LogP contribution in [0.2, 0.25) is 5.02 Å². The van der Waals surface area contributed by atoms with Gasteiger partial charge in [0.2, 0.25) is 5.91 Å². The molecule has 0 aliphatic carbocycles. The Labute approximate surface area is 140 Å². The fourth-order valence-electron chi connectivity index (χ4n) is 2.84. The van der Waals surface area contributed by atoms with Gasteiger partial charge < -0.3 is 9.64 Å². The zero-order valence-corrected chi connectivity index (χ0v) is 13.9. The minimum Gasteiger partial charge on any atom is -0.378 e. The maximum Gasteiger partial charge on any atom is 0.236 e. The molecule has 1 aliphatic rings. The second kappa shape index (κ2) is 7.25. The number of benzene rings is 1. The number of hydrogen-bond acceptors (Lipinski definition) is 4. The summed E-state index contributed by atoms with van der Waals surface area (Å²) in [5.41, 5.74) is 1.97. The van der Waals surface area contributed by atoms with E-state index in [0.29, 0.717) is 44.4 Å². The third kappa shape index (κ3) is 3.99. The normalized spacial score (nSPS) is 15.3. The van der Waals surface area contributed by atoms with E-state index in [1.807, 2.05) is 41.1 Å². The number of halogens is 1. The molecule has 0 unspecified atom stereocenters. The second-order valence-electron chi connectivity index (χ2n) is 5.81. The topological polar surface area (TPSA) is 45.7 Å². The van der Waals surface area contributed by atoms with Gasteiger partial charge in [0.1, 0.15) is 0 Å². The molecule has 0 atom stereocenters. The first-order valence-corrected chi connectivity index (χ1v) is 8.08. The monoisotopic (exact) mass is 333 g/mol. The van der Waals surface area contributed by atoms with E-state index in [1.54, 1.807) is 6.20 Å². The number of nitrogens with zero attached hydrogens (tertiary/aromatic N) is 3. The van der Waals surface area contributed by atoms with Gasteiger partial charge in [-0.2, -0.15) is 0 Å². The number of morpholine rings is 1. The molecule has 1 amide bonds. The average molecular weight is 334 g/mol. The van der Waals surface area contributed by atoms with Crippen molar-refractivity contribution in [3.63, 3.8) is 0 Å². The Balaban J connectivity index is 1.70. The molecule has 0 bridgehead atoms. The van der Waals surface area contributed by atoms with E-state index in [2.05, 4.69) is 4.98 Å². The molecule has 0 saturated carbocycles. The first-order chi connectivity index (χ1) is 11.1. The van der Waals surface area contributed by atoms with Crippen LogP contribution in [0.25, 0.3) is 10.9 Å². The molecule has 2 aromatic rings. The highest BCUT2D eigenvalue weighted by atomic mass is 35.5. The fourth-order valence-corrected chi connectivity index (χ4v) is 3.09. The van der Waals surface area contributed by atoms with Crippen LogP contribution in [-0.4, -0.2) is 60.6 Å². The quantitative estimate of drug-likeness (QED) is 0.860. The van der Waals surface area contributed by atoms with Crippen molar-refractivity contribution in [2.75, 3.05) is 39.9 Å². The molecule has 1 aliphatic heterocycles. The van der Waals surface area contributed by atoms with Gasteiger partial charge in [0, 0.05) is 36.2 Å². The van der Waals surface area contributed by atoms with E-state index in [-0.39, 0.29) is 5.91 Å². The van der Waals surface area contributed by atoms with Gasteiger partial charge in [-0.15, -0.1) is 0 Å². The fraction of sp³-hybridized carbons (Fsp3) is 0.412. The SMILES string of the molecule is CN(CC(=O)N1CCOCC1)Cc1cc(Cl)cc2cccnc12. The molecule has 1 aromatic heterocycles. The van der Waals surface area contributed by atoms with Crippen molar-refractivity contribution in [2.24, 2.45) is 0 Å². The van der Waals surface area contributed by atoms with Crippen LogP contribution in [0.3, 0.4) is 0 Å². The van der Waals surface area contributed by atoms with Crippen molar-refractivity contribution >= 4 is 28.4 Å². The predicted octanol–water partition coefficient (Wildman–Crippen LogP) is 2.18. The van der Waals surface area contributed by atoms with E-state index in [1.165, 1.54) is 0 Å². The van der Waals surface area contributed by atoms with Crippen molar-refractivity contribution in [2.45, 2.75) is 6.54 Å². The van der Waals surface area contributed by atoms with E-state index < -0.39 is 0 Å². The first kappa shape index (κ1) is 16.2. The number of pyridine rings is 1. The zero-order chi connectivity index (χ0) is 16.2. The molecule has 3 rings (SSSR count). The minimum absolute atomic E-state index is 0.134. The highest BCUT2D eigenvalue weighted by molar-refractivity contribution is 6.31. The van der Waals surface area contributed by atoms with Gasteiger partial charge in [0.05, 0.1) is 25.3 Å². The Morgan fingerprint density at radius 1 is 1.39 bits per heavy atom. The van der Waals surface area contributed by atoms with Crippen LogP contribution in [0.1, 0.15) is 5.56 Å². The molecule has 23 heavy (non-hydrogen) atoms. The van der Waals surface area contributed by atoms with Crippen molar-refractivity contribution < 1.29 is 9.53 Å². The summed E-state index contributed by atoms with van der Waals surface area (Å²) in [5.74, 6) is 0.134. The molecular weight excluding hydrogens is 314 g/mol. The van der Waals surface area contributed by atoms with E-state index in [9.17, 15) is 4.79 Å². The Hall–Kier alpha value is -1.69. The number of carbonyl (C=O) groups excluding carboxylic acids is 1. The molecule has 0 radical (unpaired) electrons. The third-order valence-corrected chi connectivity index (χ3v) is 4.18. The van der Waals surface area contributed by atoms with E-state index in [4.69, 9.17) is 16.3 Å². The van der Waals surface area contributed by atoms with Gasteiger partial charge in [-0.25, -0.2) is 0 Å². The highest BCUT2D eigenvalue weighted by Gasteiger charge is 2.18. The lowest BCUT2D eigenvalue weighted by atomic mass is 10.1. The van der Waals surface area contributed by atoms with Crippen molar-refractivity contribution in [3.8, 4) is 0 Å². The number of hydrogen-bond donors (Lipinski definition) is 0. The molecule has 5 nitrogen and oxygen atoms in total. The number of fused-ring (bicyclic) bond motifs is 1. The number of ether oxygens (including phenoxy) is 1. The lowest BCUT2D eigenvalue weighted by Crippen LogP contribution is -2.44. The molecule has 1 saturated heterocycles. The summed E-state index contributed by atoms with van der Waals surface area (Å²) in [4.78, 5) is 20.6. The predicted molar refractivity (Wildman–Crippen MR) is 90.5 cm³/mol. The van der Waals surface area contributed by atoms with Crippen LogP contribution in [0.4, 0.5) is 0 Å². The van der Waals surface area contributed by atoms with Gasteiger partial charge in [-0.3, -0.25) is 14.7 Å². The smallest absolute Gasteiger partial charge is 0.236 e. The number of likely N-dealkylation sites (N-methyl/N-ethyl adjacent to an activating group) is 1. The number of amides is 1. The molecular formula is C17H20ClN3O2. The molecule has 0 spiro atoms. The molecule has 6 heteroatoms. The standard InChI is InChI=1S/C17H20ClN3O2/c1-20(12-16(22)21-5-7-23-8-6-21)11-14-10-15(18)9-13-3-2-4-19-17(13)14/h2-4,9-10H,5-8,11-12H2,1H3. The molecule has 0 N–H and O–H groups in total. The van der Waals surface area contributed by atoms with Crippen molar-refractivity contribution in [1.29, 1.82) is 0 Å². The Morgan fingerprint density at radius 2 is 2.17 bits per heavy atom. The summed E-state index contributed by atoms with van der Waals surface area (Å²) in [5, 5.41) is 1.70. The first-order valence-electron chi connectivity index (χ1n) is 7.71. The summed E-state index contributed by atoms with van der Waals surface area (Å²) in [6.45, 7) is 3.60. The zero-order valence-electron chi connectivity index (χ0n) is 13.2. The second-order valence-corrected chi connectivity index (χ2v) is 6.24. The summed E-state index contributed by atoms with van der Waals surface area (Å²) in [6.07, 6.45) is 1.78. The molecule has 1 aromatic carbocycles.